The molecule has 3 aromatic rings. The smallest absolute Gasteiger partial charge is 0.266 e. The molecule has 0 unspecified atom stereocenters. The zero-order chi connectivity index (χ0) is 20.9. The standard InChI is InChI=1S/C21H24N6O3/c1-26-14-15(13-24-26)4-2-8-23-19(28)16-6-9-27(10-7-16)21-17(12-22)25-20(30-21)18-5-3-11-29-18/h3,5,11,13-14,16H,2,4,6-10H2,1H3,(H,23,28). The van der Waals surface area contributed by atoms with Crippen LogP contribution in [0.15, 0.2) is 39.6 Å². The number of hydrogen-bond acceptors (Lipinski definition) is 7. The van der Waals surface area contributed by atoms with E-state index in [9.17, 15) is 10.1 Å². The minimum absolute atomic E-state index is 0.0300. The molecule has 1 amide bonds. The Hall–Kier alpha value is -3.54. The molecule has 1 aliphatic rings. The third kappa shape index (κ3) is 4.38. The number of amides is 1. The number of nitrogens with one attached hydrogen (secondary N) is 1. The number of aryl methyl sites for hydroxylation is 2. The minimum atomic E-state index is -0.0300. The summed E-state index contributed by atoms with van der Waals surface area (Å²) in [5, 5.41) is 16.6. The number of rotatable bonds is 7. The first-order valence-corrected chi connectivity index (χ1v) is 10.1. The van der Waals surface area contributed by atoms with Gasteiger partial charge in [0, 0.05) is 38.8 Å². The molecule has 9 heteroatoms. The monoisotopic (exact) mass is 408 g/mol. The highest BCUT2D eigenvalue weighted by Gasteiger charge is 2.29. The predicted molar refractivity (Wildman–Crippen MR) is 108 cm³/mol. The molecule has 1 aliphatic heterocycles. The average molecular weight is 408 g/mol. The molecule has 156 valence electrons. The van der Waals surface area contributed by atoms with Gasteiger partial charge in [-0.3, -0.25) is 9.48 Å². The van der Waals surface area contributed by atoms with Gasteiger partial charge in [0.05, 0.1) is 12.5 Å². The third-order valence-electron chi connectivity index (χ3n) is 5.30. The van der Waals surface area contributed by atoms with Crippen molar-refractivity contribution < 1.29 is 13.6 Å². The first-order valence-electron chi connectivity index (χ1n) is 10.1. The van der Waals surface area contributed by atoms with Gasteiger partial charge in [-0.15, -0.1) is 0 Å². The molecule has 9 nitrogen and oxygen atoms in total. The Morgan fingerprint density at radius 3 is 2.90 bits per heavy atom. The maximum atomic E-state index is 12.5. The van der Waals surface area contributed by atoms with Gasteiger partial charge in [0.15, 0.2) is 5.76 Å². The molecule has 3 aromatic heterocycles. The molecular formula is C21H24N6O3. The molecule has 1 N–H and O–H groups in total. The normalized spacial score (nSPS) is 14.6. The molecule has 0 atom stereocenters. The summed E-state index contributed by atoms with van der Waals surface area (Å²) in [5.41, 5.74) is 1.41. The summed E-state index contributed by atoms with van der Waals surface area (Å²) < 4.78 is 12.9. The summed E-state index contributed by atoms with van der Waals surface area (Å²) in [6.45, 7) is 1.92. The molecule has 1 saturated heterocycles. The lowest BCUT2D eigenvalue weighted by Gasteiger charge is -2.30. The number of nitrogens with zero attached hydrogens (tertiary/aromatic N) is 5. The van der Waals surface area contributed by atoms with E-state index in [0.29, 0.717) is 50.0 Å². The number of aromatic nitrogens is 3. The van der Waals surface area contributed by atoms with E-state index in [0.717, 1.165) is 12.8 Å². The summed E-state index contributed by atoms with van der Waals surface area (Å²) in [6, 6.07) is 5.56. The van der Waals surface area contributed by atoms with Gasteiger partial charge in [-0.05, 0) is 43.4 Å². The molecule has 4 rings (SSSR count). The molecule has 0 saturated carbocycles. The highest BCUT2D eigenvalue weighted by Crippen LogP contribution is 2.31. The van der Waals surface area contributed by atoms with Crippen LogP contribution in [0.1, 0.15) is 30.5 Å². The van der Waals surface area contributed by atoms with Gasteiger partial charge in [0.2, 0.25) is 17.5 Å². The maximum Gasteiger partial charge on any atom is 0.266 e. The second kappa shape index (κ2) is 8.86. The Morgan fingerprint density at radius 1 is 1.40 bits per heavy atom. The van der Waals surface area contributed by atoms with E-state index in [1.165, 1.54) is 11.8 Å². The lowest BCUT2D eigenvalue weighted by Crippen LogP contribution is -2.41. The van der Waals surface area contributed by atoms with E-state index < -0.39 is 0 Å². The summed E-state index contributed by atoms with van der Waals surface area (Å²) in [6.07, 6.45) is 8.57. The van der Waals surface area contributed by atoms with Crippen LogP contribution in [0, 0.1) is 17.2 Å². The Morgan fingerprint density at radius 2 is 2.23 bits per heavy atom. The predicted octanol–water partition coefficient (Wildman–Crippen LogP) is 2.51. The zero-order valence-electron chi connectivity index (χ0n) is 16.9. The van der Waals surface area contributed by atoms with Crippen molar-refractivity contribution in [3.63, 3.8) is 0 Å². The summed E-state index contributed by atoms with van der Waals surface area (Å²) in [7, 11) is 1.90. The molecule has 0 spiro atoms. The Bertz CT molecular complexity index is 1020. The first-order chi connectivity index (χ1) is 14.6. The molecular weight excluding hydrogens is 384 g/mol. The number of hydrogen-bond donors (Lipinski definition) is 1. The van der Waals surface area contributed by atoms with Crippen LogP contribution >= 0.6 is 0 Å². The lowest BCUT2D eigenvalue weighted by molar-refractivity contribution is -0.125. The quantitative estimate of drug-likeness (QED) is 0.598. The van der Waals surface area contributed by atoms with Crippen LogP contribution in [0.3, 0.4) is 0 Å². The molecule has 0 aromatic carbocycles. The van der Waals surface area contributed by atoms with Crippen LogP contribution < -0.4 is 10.2 Å². The molecule has 0 bridgehead atoms. The van der Waals surface area contributed by atoms with Gasteiger partial charge in [-0.25, -0.2) is 0 Å². The van der Waals surface area contributed by atoms with Crippen molar-refractivity contribution in [3.8, 4) is 17.7 Å². The van der Waals surface area contributed by atoms with E-state index in [2.05, 4.69) is 21.5 Å². The van der Waals surface area contributed by atoms with Crippen molar-refractivity contribution in [3.05, 3.63) is 42.0 Å². The van der Waals surface area contributed by atoms with E-state index in [1.807, 2.05) is 24.3 Å². The van der Waals surface area contributed by atoms with Crippen LogP contribution in [0.25, 0.3) is 11.7 Å². The van der Waals surface area contributed by atoms with Crippen LogP contribution in [-0.4, -0.2) is 40.3 Å². The van der Waals surface area contributed by atoms with Gasteiger partial charge in [0.25, 0.3) is 5.89 Å². The van der Waals surface area contributed by atoms with Crippen molar-refractivity contribution >= 4 is 11.8 Å². The van der Waals surface area contributed by atoms with Crippen LogP contribution in [0.4, 0.5) is 5.88 Å². The van der Waals surface area contributed by atoms with Crippen molar-refractivity contribution in [2.45, 2.75) is 25.7 Å². The molecule has 30 heavy (non-hydrogen) atoms. The molecule has 0 aliphatic carbocycles. The fraction of sp³-hybridized carbons (Fsp3) is 0.429. The second-order valence-electron chi connectivity index (χ2n) is 7.44. The first kappa shape index (κ1) is 19.8. The molecule has 0 radical (unpaired) electrons. The number of carbonyl (C=O) groups is 1. The Balaban J connectivity index is 1.26. The van der Waals surface area contributed by atoms with Crippen LogP contribution in [0.2, 0.25) is 0 Å². The number of carbonyl (C=O) groups excluding carboxylic acids is 1. The van der Waals surface area contributed by atoms with Crippen molar-refractivity contribution in [2.75, 3.05) is 24.5 Å². The van der Waals surface area contributed by atoms with Crippen LogP contribution in [0.5, 0.6) is 0 Å². The summed E-state index contributed by atoms with van der Waals surface area (Å²) in [4.78, 5) is 18.7. The third-order valence-corrected chi connectivity index (χ3v) is 5.30. The number of piperidine rings is 1. The SMILES string of the molecule is Cn1cc(CCCNC(=O)C2CCN(c3oc(-c4ccco4)nc3C#N)CC2)cn1. The fourth-order valence-electron chi connectivity index (χ4n) is 3.70. The minimum Gasteiger partial charge on any atom is -0.459 e. The summed E-state index contributed by atoms with van der Waals surface area (Å²) >= 11 is 0. The molecule has 1 fully saturated rings. The van der Waals surface area contributed by atoms with Gasteiger partial charge in [-0.2, -0.15) is 15.3 Å². The topological polar surface area (TPSA) is 113 Å². The maximum absolute atomic E-state index is 12.5. The average Bonchev–Trinajstić information content (AvgIpc) is 3.51. The zero-order valence-corrected chi connectivity index (χ0v) is 16.9. The van der Waals surface area contributed by atoms with Crippen molar-refractivity contribution in [1.29, 1.82) is 5.26 Å². The van der Waals surface area contributed by atoms with E-state index in [1.54, 1.807) is 16.8 Å². The van der Waals surface area contributed by atoms with E-state index >= 15 is 0 Å². The highest BCUT2D eigenvalue weighted by atomic mass is 16.4. The largest absolute Gasteiger partial charge is 0.459 e. The Kier molecular flexibility index (Phi) is 5.84. The van der Waals surface area contributed by atoms with Crippen LogP contribution in [-0.2, 0) is 18.3 Å². The number of oxazole rings is 1. The van der Waals surface area contributed by atoms with E-state index in [4.69, 9.17) is 8.83 Å². The number of nitriles is 1. The van der Waals surface area contributed by atoms with Gasteiger partial charge in [-0.1, -0.05) is 0 Å². The van der Waals surface area contributed by atoms with E-state index in [-0.39, 0.29) is 17.5 Å². The molecule has 4 heterocycles. The number of anilines is 1. The van der Waals surface area contributed by atoms with Crippen molar-refractivity contribution in [1.82, 2.24) is 20.1 Å². The Labute approximate surface area is 174 Å². The van der Waals surface area contributed by atoms with Gasteiger partial charge >= 0.3 is 0 Å². The van der Waals surface area contributed by atoms with Gasteiger partial charge < -0.3 is 19.1 Å². The summed E-state index contributed by atoms with van der Waals surface area (Å²) in [5.74, 6) is 1.28. The van der Waals surface area contributed by atoms with Crippen molar-refractivity contribution in [2.24, 2.45) is 13.0 Å². The van der Waals surface area contributed by atoms with Gasteiger partial charge in [0.1, 0.15) is 6.07 Å². The fourth-order valence-corrected chi connectivity index (χ4v) is 3.70. The number of furan rings is 1. The highest BCUT2D eigenvalue weighted by molar-refractivity contribution is 5.79. The lowest BCUT2D eigenvalue weighted by atomic mass is 9.96. The second-order valence-corrected chi connectivity index (χ2v) is 7.44.